The minimum Gasteiger partial charge on any atom is -0.469 e. The van der Waals surface area contributed by atoms with Gasteiger partial charge in [-0.15, -0.1) is 0 Å². The van der Waals surface area contributed by atoms with E-state index in [0.717, 1.165) is 11.3 Å². The molecule has 114 valence electrons. The number of hydrogen-bond donors (Lipinski definition) is 2. The number of carbonyl (C=O) groups excluding carboxylic acids is 2. The largest absolute Gasteiger partial charge is 0.469 e. The molecule has 1 aromatic rings. The third-order valence-corrected chi connectivity index (χ3v) is 3.89. The number of aliphatic hydroxyl groups is 1. The summed E-state index contributed by atoms with van der Waals surface area (Å²) < 4.78 is 4.63. The number of nitrogens with zero attached hydrogens (tertiary/aromatic N) is 1. The van der Waals surface area contributed by atoms with Gasteiger partial charge in [0.25, 0.3) is 0 Å². The maximum Gasteiger partial charge on any atom is 0.307 e. The molecule has 0 aliphatic carbocycles. The number of amides is 1. The van der Waals surface area contributed by atoms with E-state index in [9.17, 15) is 14.7 Å². The third-order valence-electron chi connectivity index (χ3n) is 3.89. The van der Waals surface area contributed by atoms with E-state index in [-0.39, 0.29) is 18.3 Å². The van der Waals surface area contributed by atoms with Crippen LogP contribution in [0, 0.1) is 0 Å². The summed E-state index contributed by atoms with van der Waals surface area (Å²) in [7, 11) is 4.73. The molecule has 0 spiro atoms. The highest BCUT2D eigenvalue weighted by atomic mass is 16.5. The van der Waals surface area contributed by atoms with Crippen molar-refractivity contribution in [3.8, 4) is 0 Å². The summed E-state index contributed by atoms with van der Waals surface area (Å²) in [6.07, 6.45) is -0.432. The van der Waals surface area contributed by atoms with E-state index >= 15 is 0 Å². The molecule has 6 heteroatoms. The Morgan fingerprint density at radius 1 is 1.52 bits per heavy atom. The maximum atomic E-state index is 11.7. The highest BCUT2D eigenvalue weighted by molar-refractivity contribution is 6.00. The molecule has 0 saturated carbocycles. The number of aliphatic hydroxyl groups excluding tert-OH is 1. The Hall–Kier alpha value is -1.92. The van der Waals surface area contributed by atoms with E-state index in [1.54, 1.807) is 25.1 Å². The number of esters is 1. The standard InChI is InChI=1S/C15H20N2O4/c1-16-11(8-14(19)21-3)15(20)9-4-5-12-10(6-9)7-13(18)17(12)2/h4-6,11,15-16,20H,7-8H2,1-3H3. The summed E-state index contributed by atoms with van der Waals surface area (Å²) >= 11 is 0. The summed E-state index contributed by atoms with van der Waals surface area (Å²) in [5.74, 6) is -0.346. The van der Waals surface area contributed by atoms with Crippen LogP contribution in [-0.4, -0.2) is 44.2 Å². The fourth-order valence-electron chi connectivity index (χ4n) is 2.54. The normalized spacial score (nSPS) is 16.6. The molecule has 1 aromatic carbocycles. The van der Waals surface area contributed by atoms with Gasteiger partial charge >= 0.3 is 5.97 Å². The molecule has 1 amide bonds. The Kier molecular flexibility index (Phi) is 4.59. The van der Waals surface area contributed by atoms with Gasteiger partial charge in [-0.3, -0.25) is 9.59 Å². The quantitative estimate of drug-likeness (QED) is 0.768. The van der Waals surface area contributed by atoms with Crippen LogP contribution < -0.4 is 10.2 Å². The number of rotatable bonds is 5. The molecule has 0 bridgehead atoms. The monoisotopic (exact) mass is 292 g/mol. The second-order valence-electron chi connectivity index (χ2n) is 5.14. The molecule has 0 fully saturated rings. The highest BCUT2D eigenvalue weighted by Crippen LogP contribution is 2.31. The van der Waals surface area contributed by atoms with Gasteiger partial charge in [-0.2, -0.15) is 0 Å². The first-order valence-corrected chi connectivity index (χ1v) is 6.79. The molecule has 1 aliphatic heterocycles. The van der Waals surface area contributed by atoms with Gasteiger partial charge in [-0.05, 0) is 24.2 Å². The van der Waals surface area contributed by atoms with E-state index in [1.165, 1.54) is 7.11 Å². The fraction of sp³-hybridized carbons (Fsp3) is 0.467. The van der Waals surface area contributed by atoms with Gasteiger partial charge in [0.05, 0.1) is 26.1 Å². The number of hydrogen-bond acceptors (Lipinski definition) is 5. The number of ether oxygens (including phenoxy) is 1. The summed E-state index contributed by atoms with van der Waals surface area (Å²) in [4.78, 5) is 24.6. The van der Waals surface area contributed by atoms with Crippen molar-refractivity contribution >= 4 is 17.6 Å². The lowest BCUT2D eigenvalue weighted by Crippen LogP contribution is -2.34. The zero-order chi connectivity index (χ0) is 15.6. The molecule has 2 rings (SSSR count). The first kappa shape index (κ1) is 15.5. The average molecular weight is 292 g/mol. The van der Waals surface area contributed by atoms with Gasteiger partial charge in [-0.1, -0.05) is 12.1 Å². The Morgan fingerprint density at radius 3 is 2.86 bits per heavy atom. The lowest BCUT2D eigenvalue weighted by molar-refractivity contribution is -0.142. The summed E-state index contributed by atoms with van der Waals surface area (Å²) in [5.41, 5.74) is 2.44. The Morgan fingerprint density at radius 2 is 2.24 bits per heavy atom. The zero-order valence-electron chi connectivity index (χ0n) is 12.4. The minimum absolute atomic E-state index is 0.0383. The number of anilines is 1. The first-order valence-electron chi connectivity index (χ1n) is 6.79. The van der Waals surface area contributed by atoms with Crippen LogP contribution in [-0.2, 0) is 20.7 Å². The van der Waals surface area contributed by atoms with Crippen molar-refractivity contribution in [2.45, 2.75) is 25.0 Å². The molecular weight excluding hydrogens is 272 g/mol. The molecule has 0 radical (unpaired) electrons. The molecule has 21 heavy (non-hydrogen) atoms. The van der Waals surface area contributed by atoms with Crippen molar-refractivity contribution in [1.29, 1.82) is 0 Å². The molecular formula is C15H20N2O4. The number of likely N-dealkylation sites (N-methyl/N-ethyl adjacent to an activating group) is 2. The summed E-state index contributed by atoms with van der Waals surface area (Å²) in [6, 6.07) is 4.98. The molecule has 0 aromatic heterocycles. The molecule has 2 atom stereocenters. The first-order chi connectivity index (χ1) is 9.97. The predicted octanol–water partition coefficient (Wildman–Crippen LogP) is 0.390. The Balaban J connectivity index is 2.20. The SMILES string of the molecule is CNC(CC(=O)OC)C(O)c1ccc2c(c1)CC(=O)N2C. The van der Waals surface area contributed by atoms with E-state index in [4.69, 9.17) is 0 Å². The van der Waals surface area contributed by atoms with Crippen molar-refractivity contribution in [3.05, 3.63) is 29.3 Å². The molecule has 6 nitrogen and oxygen atoms in total. The highest BCUT2D eigenvalue weighted by Gasteiger charge is 2.27. The van der Waals surface area contributed by atoms with Crippen LogP contribution in [0.15, 0.2) is 18.2 Å². The lowest BCUT2D eigenvalue weighted by Gasteiger charge is -2.22. The topological polar surface area (TPSA) is 78.9 Å². The van der Waals surface area contributed by atoms with E-state index < -0.39 is 12.1 Å². The smallest absolute Gasteiger partial charge is 0.307 e. The molecule has 2 unspecified atom stereocenters. The molecule has 1 heterocycles. The predicted molar refractivity (Wildman–Crippen MR) is 78.0 cm³/mol. The Bertz CT molecular complexity index is 559. The van der Waals surface area contributed by atoms with Crippen LogP contribution in [0.2, 0.25) is 0 Å². The van der Waals surface area contributed by atoms with Crippen molar-refractivity contribution in [2.24, 2.45) is 0 Å². The minimum atomic E-state index is -0.847. The number of fused-ring (bicyclic) bond motifs is 1. The average Bonchev–Trinajstić information content (AvgIpc) is 2.78. The van der Waals surface area contributed by atoms with Crippen molar-refractivity contribution < 1.29 is 19.4 Å². The van der Waals surface area contributed by atoms with Gasteiger partial charge in [0.2, 0.25) is 5.91 Å². The van der Waals surface area contributed by atoms with E-state index in [2.05, 4.69) is 10.1 Å². The molecule has 2 N–H and O–H groups in total. The van der Waals surface area contributed by atoms with E-state index in [0.29, 0.717) is 12.0 Å². The van der Waals surface area contributed by atoms with Crippen LogP contribution in [0.5, 0.6) is 0 Å². The van der Waals surface area contributed by atoms with Gasteiger partial charge in [-0.25, -0.2) is 0 Å². The lowest BCUT2D eigenvalue weighted by atomic mass is 9.97. The Labute approximate surface area is 123 Å². The molecule has 0 saturated heterocycles. The maximum absolute atomic E-state index is 11.7. The number of methoxy groups -OCH3 is 1. The van der Waals surface area contributed by atoms with Crippen LogP contribution >= 0.6 is 0 Å². The van der Waals surface area contributed by atoms with Gasteiger partial charge in [0.15, 0.2) is 0 Å². The second kappa shape index (κ2) is 6.24. The fourth-order valence-corrected chi connectivity index (χ4v) is 2.54. The van der Waals surface area contributed by atoms with Gasteiger partial charge in [0.1, 0.15) is 0 Å². The van der Waals surface area contributed by atoms with Crippen LogP contribution in [0.4, 0.5) is 5.69 Å². The second-order valence-corrected chi connectivity index (χ2v) is 5.14. The van der Waals surface area contributed by atoms with Crippen LogP contribution in [0.25, 0.3) is 0 Å². The van der Waals surface area contributed by atoms with Crippen molar-refractivity contribution in [3.63, 3.8) is 0 Å². The number of nitrogens with one attached hydrogen (secondary N) is 1. The zero-order valence-corrected chi connectivity index (χ0v) is 12.4. The van der Waals surface area contributed by atoms with Crippen LogP contribution in [0.3, 0.4) is 0 Å². The third kappa shape index (κ3) is 3.06. The van der Waals surface area contributed by atoms with Crippen LogP contribution in [0.1, 0.15) is 23.7 Å². The van der Waals surface area contributed by atoms with Gasteiger partial charge in [0, 0.05) is 18.8 Å². The summed E-state index contributed by atoms with van der Waals surface area (Å²) in [5, 5.41) is 13.3. The van der Waals surface area contributed by atoms with E-state index in [1.807, 2.05) is 12.1 Å². The van der Waals surface area contributed by atoms with Crippen molar-refractivity contribution in [1.82, 2.24) is 5.32 Å². The van der Waals surface area contributed by atoms with Gasteiger partial charge < -0.3 is 20.1 Å². The number of benzene rings is 1. The molecule has 1 aliphatic rings. The van der Waals surface area contributed by atoms with Crippen molar-refractivity contribution in [2.75, 3.05) is 26.1 Å². The summed E-state index contributed by atoms with van der Waals surface area (Å²) in [6.45, 7) is 0. The number of carbonyl (C=O) groups is 2.